The molecule has 0 saturated heterocycles. The number of hydrogen-bond donors (Lipinski definition) is 2. The van der Waals surface area contributed by atoms with Crippen molar-refractivity contribution in [2.45, 2.75) is 23.7 Å². The van der Waals surface area contributed by atoms with Gasteiger partial charge in [-0.15, -0.1) is 0 Å². The van der Waals surface area contributed by atoms with Crippen LogP contribution < -0.4 is 10.5 Å². The first-order chi connectivity index (χ1) is 15.8. The average Bonchev–Trinajstić information content (AvgIpc) is 2.86. The highest BCUT2D eigenvalue weighted by Crippen LogP contribution is 2.66. The molecule has 2 aromatic carbocycles. The SMILES string of the molecule is [NH+]#Cc1ccc(C2C(c3ccncc3)C(c3ccc(C#[NH+])cc3)C2c2ccncc2)cc1. The van der Waals surface area contributed by atoms with Crippen molar-refractivity contribution in [2.75, 3.05) is 0 Å². The summed E-state index contributed by atoms with van der Waals surface area (Å²) in [5, 5.41) is 14.8. The zero-order valence-corrected chi connectivity index (χ0v) is 17.4. The van der Waals surface area contributed by atoms with Gasteiger partial charge in [-0.3, -0.25) is 9.97 Å². The molecule has 152 valence electrons. The molecule has 0 bridgehead atoms. The predicted molar refractivity (Wildman–Crippen MR) is 120 cm³/mol. The quantitative estimate of drug-likeness (QED) is 0.537. The smallest absolute Gasteiger partial charge is 0.265 e. The van der Waals surface area contributed by atoms with E-state index >= 15 is 0 Å². The van der Waals surface area contributed by atoms with Gasteiger partial charge < -0.3 is 0 Å². The summed E-state index contributed by atoms with van der Waals surface area (Å²) in [5.74, 6) is 1.11. The molecule has 4 heteroatoms. The van der Waals surface area contributed by atoms with E-state index in [-0.39, 0.29) is 23.7 Å². The van der Waals surface area contributed by atoms with Crippen LogP contribution >= 0.6 is 0 Å². The monoisotopic (exact) mass is 414 g/mol. The predicted octanol–water partition coefficient (Wildman–Crippen LogP) is 2.17. The Morgan fingerprint density at radius 3 is 1.00 bits per heavy atom. The van der Waals surface area contributed by atoms with Crippen LogP contribution in [-0.4, -0.2) is 9.97 Å². The van der Waals surface area contributed by atoms with E-state index in [2.05, 4.69) is 70.6 Å². The van der Waals surface area contributed by atoms with Gasteiger partial charge >= 0.3 is 12.1 Å². The first-order valence-corrected chi connectivity index (χ1v) is 10.7. The zero-order valence-electron chi connectivity index (χ0n) is 17.4. The highest BCUT2D eigenvalue weighted by atomic mass is 14.6. The molecule has 0 radical (unpaired) electrons. The number of pyridine rings is 2. The van der Waals surface area contributed by atoms with Gasteiger partial charge in [0, 0.05) is 24.8 Å². The molecule has 0 aliphatic heterocycles. The maximum absolute atomic E-state index is 7.42. The van der Waals surface area contributed by atoms with Crippen molar-refractivity contribution in [3.05, 3.63) is 131 Å². The lowest BCUT2D eigenvalue weighted by molar-refractivity contribution is -0.0916. The van der Waals surface area contributed by atoms with E-state index in [4.69, 9.17) is 10.5 Å². The van der Waals surface area contributed by atoms with Gasteiger partial charge in [0.25, 0.3) is 0 Å². The molecular weight excluding hydrogens is 392 g/mol. The summed E-state index contributed by atoms with van der Waals surface area (Å²) in [4.78, 5) is 8.48. The third-order valence-electron chi connectivity index (χ3n) is 6.61. The minimum Gasteiger partial charge on any atom is -0.265 e. The molecule has 1 saturated carbocycles. The van der Waals surface area contributed by atoms with E-state index < -0.39 is 0 Å². The fourth-order valence-corrected chi connectivity index (χ4v) is 5.16. The lowest BCUT2D eigenvalue weighted by atomic mass is 9.49. The van der Waals surface area contributed by atoms with Crippen molar-refractivity contribution in [3.63, 3.8) is 0 Å². The first kappa shape index (κ1) is 19.7. The first-order valence-electron chi connectivity index (χ1n) is 10.7. The fourth-order valence-electron chi connectivity index (χ4n) is 5.16. The van der Waals surface area contributed by atoms with Crippen LogP contribution in [0.2, 0.25) is 0 Å². The number of aromatic nitrogens is 2. The second-order valence-corrected chi connectivity index (χ2v) is 8.16. The van der Waals surface area contributed by atoms with Crippen LogP contribution in [0.5, 0.6) is 0 Å². The molecule has 2 heterocycles. The van der Waals surface area contributed by atoms with Crippen LogP contribution in [-0.2, 0) is 0 Å². The van der Waals surface area contributed by atoms with E-state index in [9.17, 15) is 0 Å². The number of rotatable bonds is 4. The summed E-state index contributed by atoms with van der Waals surface area (Å²) in [6.45, 7) is 0. The molecule has 5 rings (SSSR count). The van der Waals surface area contributed by atoms with Crippen molar-refractivity contribution in [1.29, 1.82) is 0 Å². The standard InChI is InChI=1S/C28H20N4/c29-17-19-1-5-21(6-2-19)25-27(23-9-13-31-14-10-23)26(22-7-3-20(18-30)4-8-22)28(25)24-11-15-32-16-12-24/h1-16,25-28H/p+2. The molecule has 4 nitrogen and oxygen atoms in total. The van der Waals surface area contributed by atoms with Crippen molar-refractivity contribution in [2.24, 2.45) is 0 Å². The van der Waals surface area contributed by atoms with Gasteiger partial charge in [-0.25, -0.2) is 0 Å². The lowest BCUT2D eigenvalue weighted by Gasteiger charge is -2.53. The maximum Gasteiger partial charge on any atom is 0.308 e. The van der Waals surface area contributed by atoms with Gasteiger partial charge in [-0.05, 0) is 94.5 Å². The molecule has 0 atom stereocenters. The Hall–Kier alpha value is -4.28. The van der Waals surface area contributed by atoms with Gasteiger partial charge in [0.2, 0.25) is 0 Å². The van der Waals surface area contributed by atoms with Gasteiger partial charge in [0.1, 0.15) is 11.1 Å². The molecule has 0 spiro atoms. The Balaban J connectivity index is 1.66. The van der Waals surface area contributed by atoms with Gasteiger partial charge in [-0.2, -0.15) is 0 Å². The van der Waals surface area contributed by atoms with Crippen molar-refractivity contribution in [3.8, 4) is 12.1 Å². The van der Waals surface area contributed by atoms with Crippen LogP contribution in [0, 0.1) is 12.1 Å². The van der Waals surface area contributed by atoms with Gasteiger partial charge in [0.05, 0.1) is 0 Å². The molecule has 1 fully saturated rings. The Bertz CT molecular complexity index is 1170. The number of benzene rings is 2. The molecular formula is C28H22N4+2. The van der Waals surface area contributed by atoms with E-state index in [1.54, 1.807) is 0 Å². The summed E-state index contributed by atoms with van der Waals surface area (Å²) in [6, 6.07) is 29.8. The molecule has 2 N–H and O–H groups in total. The normalized spacial score (nSPS) is 21.7. The van der Waals surface area contributed by atoms with Crippen LogP contribution in [0.25, 0.3) is 0 Å². The highest BCUT2D eigenvalue weighted by Gasteiger charge is 2.52. The van der Waals surface area contributed by atoms with E-state index in [0.717, 1.165) is 11.1 Å². The van der Waals surface area contributed by atoms with Crippen LogP contribution in [0.4, 0.5) is 0 Å². The van der Waals surface area contributed by atoms with Gasteiger partial charge in [0.15, 0.2) is 0 Å². The topological polar surface area (TPSA) is 73.4 Å². The highest BCUT2D eigenvalue weighted by molar-refractivity contribution is 5.49. The van der Waals surface area contributed by atoms with E-state index in [1.807, 2.05) is 49.1 Å². The van der Waals surface area contributed by atoms with E-state index in [1.165, 1.54) is 22.3 Å². The molecule has 4 aromatic rings. The number of nitrogens with one attached hydrogen (secondary N) is 2. The lowest BCUT2D eigenvalue weighted by Crippen LogP contribution is -2.40. The Morgan fingerprint density at radius 1 is 0.438 bits per heavy atom. The fraction of sp³-hybridized carbons (Fsp3) is 0.143. The van der Waals surface area contributed by atoms with Crippen molar-refractivity contribution in [1.82, 2.24) is 9.97 Å². The molecule has 1 aliphatic rings. The maximum atomic E-state index is 7.42. The summed E-state index contributed by atoms with van der Waals surface area (Å²) in [5.41, 5.74) is 6.62. The summed E-state index contributed by atoms with van der Waals surface area (Å²) in [7, 11) is 0. The summed E-state index contributed by atoms with van der Waals surface area (Å²) < 4.78 is 0. The third kappa shape index (κ3) is 3.43. The summed E-state index contributed by atoms with van der Waals surface area (Å²) in [6.07, 6.45) is 7.46. The Morgan fingerprint density at radius 2 is 0.719 bits per heavy atom. The largest absolute Gasteiger partial charge is 0.308 e. The van der Waals surface area contributed by atoms with E-state index in [0.29, 0.717) is 0 Å². The van der Waals surface area contributed by atoms with Crippen molar-refractivity contribution >= 4 is 0 Å². The van der Waals surface area contributed by atoms with Crippen LogP contribution in [0.15, 0.2) is 97.6 Å². The number of nitrogens with zero attached hydrogens (tertiary/aromatic N) is 2. The van der Waals surface area contributed by atoms with Crippen LogP contribution in [0.1, 0.15) is 57.1 Å². The molecule has 0 unspecified atom stereocenters. The Labute approximate surface area is 187 Å². The average molecular weight is 415 g/mol. The molecule has 1 aliphatic carbocycles. The number of hydrogen-bond acceptors (Lipinski definition) is 2. The zero-order chi connectivity index (χ0) is 21.9. The molecule has 0 amide bonds. The minimum atomic E-state index is 0.276. The third-order valence-corrected chi connectivity index (χ3v) is 6.61. The summed E-state index contributed by atoms with van der Waals surface area (Å²) >= 11 is 0. The second kappa shape index (κ2) is 8.46. The van der Waals surface area contributed by atoms with Gasteiger partial charge in [-0.1, -0.05) is 34.8 Å². The Kier molecular flexibility index (Phi) is 5.20. The second-order valence-electron chi connectivity index (χ2n) is 8.16. The van der Waals surface area contributed by atoms with Crippen molar-refractivity contribution < 1.29 is 10.5 Å². The minimum absolute atomic E-state index is 0.276. The molecule has 2 aromatic heterocycles. The van der Waals surface area contributed by atoms with Crippen LogP contribution in [0.3, 0.4) is 0 Å². The molecule has 32 heavy (non-hydrogen) atoms.